The van der Waals surface area contributed by atoms with Gasteiger partial charge >= 0.3 is 0 Å². The number of ketones is 1. The normalized spacial score (nSPS) is 11.7. The van der Waals surface area contributed by atoms with Gasteiger partial charge in [-0.25, -0.2) is 9.97 Å². The minimum atomic E-state index is -0.234. The second-order valence-corrected chi connectivity index (χ2v) is 10.5. The number of benzene rings is 2. The van der Waals surface area contributed by atoms with Crippen LogP contribution in [0.2, 0.25) is 5.02 Å². The lowest BCUT2D eigenvalue weighted by atomic mass is 9.85. The van der Waals surface area contributed by atoms with E-state index in [1.807, 2.05) is 18.4 Å². The second-order valence-electron chi connectivity index (χ2n) is 9.30. The van der Waals surface area contributed by atoms with Crippen molar-refractivity contribution in [1.82, 2.24) is 14.5 Å². The first-order valence-corrected chi connectivity index (χ1v) is 12.5. The maximum atomic E-state index is 13.2. The molecule has 0 aliphatic rings. The van der Waals surface area contributed by atoms with E-state index in [1.54, 1.807) is 37.5 Å². The Balaban J connectivity index is 1.73. The Kier molecular flexibility index (Phi) is 6.65. The summed E-state index contributed by atoms with van der Waals surface area (Å²) in [5.74, 6) is -0.0328. The van der Waals surface area contributed by atoms with Crippen LogP contribution in [0.15, 0.2) is 64.7 Å². The largest absolute Gasteiger partial charge is 0.295 e. The van der Waals surface area contributed by atoms with Gasteiger partial charge in [-0.15, -0.1) is 0 Å². The Labute approximate surface area is 208 Å². The minimum Gasteiger partial charge on any atom is -0.295 e. The van der Waals surface area contributed by atoms with Crippen LogP contribution in [0.4, 0.5) is 0 Å². The van der Waals surface area contributed by atoms with Gasteiger partial charge in [-0.2, -0.15) is 0 Å². The van der Waals surface area contributed by atoms with Gasteiger partial charge in [-0.1, -0.05) is 68.4 Å². The third-order valence-corrected chi connectivity index (χ3v) is 6.74. The summed E-state index contributed by atoms with van der Waals surface area (Å²) in [5, 5.41) is 1.72. The Bertz CT molecular complexity index is 1470. The van der Waals surface area contributed by atoms with Crippen molar-refractivity contribution in [3.05, 3.63) is 86.8 Å². The molecule has 2 heterocycles. The van der Waals surface area contributed by atoms with Gasteiger partial charge in [-0.3, -0.25) is 14.2 Å². The van der Waals surface area contributed by atoms with Gasteiger partial charge in [-0.05, 0) is 47.1 Å². The van der Waals surface area contributed by atoms with E-state index in [-0.39, 0.29) is 23.2 Å². The Morgan fingerprint density at radius 1 is 1.09 bits per heavy atom. The number of nitrogens with zero attached hydrogens (tertiary/aromatic N) is 3. The van der Waals surface area contributed by atoms with E-state index in [2.05, 4.69) is 42.9 Å². The van der Waals surface area contributed by atoms with Gasteiger partial charge in [0.1, 0.15) is 5.65 Å². The van der Waals surface area contributed by atoms with Crippen molar-refractivity contribution in [2.24, 2.45) is 7.05 Å². The number of rotatable bonds is 5. The number of carbonyl (C=O) groups is 1. The molecule has 7 heteroatoms. The number of aryl methyl sites for hydroxylation is 1. The number of fused-ring (bicyclic) bond motifs is 1. The summed E-state index contributed by atoms with van der Waals surface area (Å²) in [6.07, 6.45) is 3.85. The van der Waals surface area contributed by atoms with Crippen LogP contribution in [0.1, 0.15) is 42.3 Å². The lowest BCUT2D eigenvalue weighted by Crippen LogP contribution is -2.20. The van der Waals surface area contributed by atoms with E-state index in [0.717, 1.165) is 10.9 Å². The first kappa shape index (κ1) is 24.2. The predicted molar refractivity (Wildman–Crippen MR) is 140 cm³/mol. The van der Waals surface area contributed by atoms with Gasteiger partial charge in [0.05, 0.1) is 0 Å². The molecule has 0 saturated carbocycles. The Hall–Kier alpha value is -2.96. The molecule has 34 heavy (non-hydrogen) atoms. The molecular formula is C27H26ClN3O2S. The zero-order chi connectivity index (χ0) is 24.6. The molecule has 0 N–H and O–H groups in total. The highest BCUT2D eigenvalue weighted by Gasteiger charge is 2.18. The SMILES string of the molecule is CSc1ncc2cc(-c3cc(C(=O)Cc4cccc(C(C)(C)C)c4)ccc3Cl)c(=O)n(C)c2n1. The Morgan fingerprint density at radius 2 is 1.85 bits per heavy atom. The van der Waals surface area contributed by atoms with Crippen LogP contribution < -0.4 is 5.56 Å². The average Bonchev–Trinajstić information content (AvgIpc) is 2.81. The molecule has 2 aromatic heterocycles. The standard InChI is InChI=1S/C27H26ClN3O2S/c1-27(2,3)19-8-6-7-16(11-19)12-23(32)17-9-10-22(28)20(13-17)21-14-18-15-29-26(34-5)30-24(18)31(4)25(21)33/h6-11,13-15H,12H2,1-5H3. The van der Waals surface area contributed by atoms with Crippen molar-refractivity contribution in [3.63, 3.8) is 0 Å². The van der Waals surface area contributed by atoms with E-state index in [0.29, 0.717) is 32.5 Å². The van der Waals surface area contributed by atoms with Crippen LogP contribution in [0.5, 0.6) is 0 Å². The van der Waals surface area contributed by atoms with Gasteiger partial charge in [0.2, 0.25) is 0 Å². The highest BCUT2D eigenvalue weighted by atomic mass is 35.5. The first-order valence-electron chi connectivity index (χ1n) is 10.9. The molecule has 0 bridgehead atoms. The summed E-state index contributed by atoms with van der Waals surface area (Å²) in [4.78, 5) is 35.1. The molecule has 4 rings (SSSR count). The maximum absolute atomic E-state index is 13.2. The van der Waals surface area contributed by atoms with E-state index < -0.39 is 0 Å². The Morgan fingerprint density at radius 3 is 2.56 bits per heavy atom. The van der Waals surface area contributed by atoms with Crippen LogP contribution in [0.25, 0.3) is 22.2 Å². The lowest BCUT2D eigenvalue weighted by molar-refractivity contribution is 0.0993. The van der Waals surface area contributed by atoms with Gasteiger partial charge in [0.15, 0.2) is 10.9 Å². The summed E-state index contributed by atoms with van der Waals surface area (Å²) in [6.45, 7) is 6.45. The predicted octanol–water partition coefficient (Wildman–Crippen LogP) is 6.09. The number of thioether (sulfide) groups is 1. The number of hydrogen-bond donors (Lipinski definition) is 0. The molecule has 4 aromatic rings. The van der Waals surface area contributed by atoms with Crippen molar-refractivity contribution in [3.8, 4) is 11.1 Å². The molecule has 2 aromatic carbocycles. The second kappa shape index (κ2) is 9.35. The molecule has 0 unspecified atom stereocenters. The zero-order valence-electron chi connectivity index (χ0n) is 19.8. The highest BCUT2D eigenvalue weighted by molar-refractivity contribution is 7.98. The zero-order valence-corrected chi connectivity index (χ0v) is 21.4. The lowest BCUT2D eigenvalue weighted by Gasteiger charge is -2.19. The molecule has 0 aliphatic carbocycles. The topological polar surface area (TPSA) is 64.8 Å². The van der Waals surface area contributed by atoms with Gasteiger partial charge in [0, 0.05) is 46.8 Å². The van der Waals surface area contributed by atoms with Crippen LogP contribution in [0, 0.1) is 0 Å². The number of Topliss-reactive ketones (excluding diaryl/α,β-unsaturated/α-hetero) is 1. The number of halogens is 1. The third kappa shape index (κ3) is 4.79. The summed E-state index contributed by atoms with van der Waals surface area (Å²) in [5.41, 5.74) is 3.90. The van der Waals surface area contributed by atoms with Crippen LogP contribution >= 0.6 is 23.4 Å². The molecule has 0 atom stereocenters. The van der Waals surface area contributed by atoms with E-state index >= 15 is 0 Å². The summed E-state index contributed by atoms with van der Waals surface area (Å²) >= 11 is 7.91. The number of pyridine rings is 1. The molecule has 0 radical (unpaired) electrons. The fourth-order valence-corrected chi connectivity index (χ4v) is 4.42. The molecular weight excluding hydrogens is 466 g/mol. The van der Waals surface area contributed by atoms with E-state index in [9.17, 15) is 9.59 Å². The molecule has 0 fully saturated rings. The molecule has 5 nitrogen and oxygen atoms in total. The number of hydrogen-bond acceptors (Lipinski definition) is 5. The monoisotopic (exact) mass is 491 g/mol. The van der Waals surface area contributed by atoms with Crippen LogP contribution in [-0.4, -0.2) is 26.6 Å². The van der Waals surface area contributed by atoms with Crippen LogP contribution in [-0.2, 0) is 18.9 Å². The molecule has 0 saturated heterocycles. The summed E-state index contributed by atoms with van der Waals surface area (Å²) < 4.78 is 1.49. The van der Waals surface area contributed by atoms with Crippen molar-refractivity contribution in [2.45, 2.75) is 37.8 Å². The average molecular weight is 492 g/mol. The van der Waals surface area contributed by atoms with Crippen molar-refractivity contribution < 1.29 is 4.79 Å². The number of aromatic nitrogens is 3. The maximum Gasteiger partial charge on any atom is 0.259 e. The van der Waals surface area contributed by atoms with E-state index in [1.165, 1.54) is 21.9 Å². The molecule has 174 valence electrons. The molecule has 0 amide bonds. The highest BCUT2D eigenvalue weighted by Crippen LogP contribution is 2.30. The fourth-order valence-electron chi connectivity index (χ4n) is 3.86. The third-order valence-electron chi connectivity index (χ3n) is 5.85. The minimum absolute atomic E-state index is 0.00291. The first-order chi connectivity index (χ1) is 16.1. The summed E-state index contributed by atoms with van der Waals surface area (Å²) in [7, 11) is 1.68. The number of carbonyl (C=O) groups excluding carboxylic acids is 1. The van der Waals surface area contributed by atoms with Crippen molar-refractivity contribution in [2.75, 3.05) is 6.26 Å². The molecule has 0 aliphatic heterocycles. The van der Waals surface area contributed by atoms with Gasteiger partial charge < -0.3 is 0 Å². The van der Waals surface area contributed by atoms with Crippen molar-refractivity contribution in [1.29, 1.82) is 0 Å². The van der Waals surface area contributed by atoms with Crippen LogP contribution in [0.3, 0.4) is 0 Å². The molecule has 0 spiro atoms. The van der Waals surface area contributed by atoms with E-state index in [4.69, 9.17) is 11.6 Å². The quantitative estimate of drug-likeness (QED) is 0.192. The van der Waals surface area contributed by atoms with Crippen molar-refractivity contribution >= 4 is 40.2 Å². The van der Waals surface area contributed by atoms with Gasteiger partial charge in [0.25, 0.3) is 5.56 Å². The smallest absolute Gasteiger partial charge is 0.259 e. The summed E-state index contributed by atoms with van der Waals surface area (Å²) in [6, 6.07) is 14.9. The fraction of sp³-hybridized carbons (Fsp3) is 0.259.